The molecule has 1 aromatic heterocycles. The summed E-state index contributed by atoms with van der Waals surface area (Å²) >= 11 is 6.72. The average molecular weight is 358 g/mol. The van der Waals surface area contributed by atoms with Gasteiger partial charge in [-0.2, -0.15) is 5.10 Å². The molecule has 1 heterocycles. The highest BCUT2D eigenvalue weighted by Gasteiger charge is 2.18. The van der Waals surface area contributed by atoms with Gasteiger partial charge >= 0.3 is 0 Å². The van der Waals surface area contributed by atoms with Crippen LogP contribution in [0.2, 0.25) is 0 Å². The van der Waals surface area contributed by atoms with Crippen LogP contribution in [-0.4, -0.2) is 15.6 Å². The topological polar surface area (TPSA) is 34.9 Å². The number of aromatic nitrogens is 2. The maximum absolute atomic E-state index is 12.3. The zero-order valence-corrected chi connectivity index (χ0v) is 12.3. The monoisotopic (exact) mass is 356 g/mol. The summed E-state index contributed by atoms with van der Waals surface area (Å²) in [4.78, 5) is 12.3. The van der Waals surface area contributed by atoms with Gasteiger partial charge in [-0.15, -0.1) is 0 Å². The second-order valence-corrected chi connectivity index (χ2v) is 5.27. The first-order valence-electron chi connectivity index (χ1n) is 5.15. The second-order valence-electron chi connectivity index (χ2n) is 3.50. The first-order chi connectivity index (χ1) is 8.13. The van der Waals surface area contributed by atoms with Gasteiger partial charge in [-0.3, -0.25) is 9.48 Å². The van der Waals surface area contributed by atoms with Crippen LogP contribution in [0.1, 0.15) is 23.0 Å². The van der Waals surface area contributed by atoms with Crippen LogP contribution >= 0.6 is 31.9 Å². The second kappa shape index (κ2) is 5.14. The maximum Gasteiger partial charge on any atom is 0.212 e. The molecule has 0 fully saturated rings. The van der Waals surface area contributed by atoms with Crippen LogP contribution in [0.4, 0.5) is 0 Å². The molecular formula is C12H10Br2N2O. The van der Waals surface area contributed by atoms with Gasteiger partial charge in [0.2, 0.25) is 5.78 Å². The summed E-state index contributed by atoms with van der Waals surface area (Å²) < 4.78 is 3.30. The Balaban J connectivity index is 2.47. The third-order valence-corrected chi connectivity index (χ3v) is 3.47. The molecule has 0 spiro atoms. The van der Waals surface area contributed by atoms with Crippen molar-refractivity contribution in [3.63, 3.8) is 0 Å². The molecule has 0 N–H and O–H groups in total. The molecule has 0 aliphatic rings. The Labute approximate surface area is 116 Å². The summed E-state index contributed by atoms with van der Waals surface area (Å²) in [6.07, 6.45) is 1.65. The number of nitrogens with zero attached hydrogens (tertiary/aromatic N) is 2. The maximum atomic E-state index is 12.3. The van der Waals surface area contributed by atoms with Gasteiger partial charge in [0, 0.05) is 16.6 Å². The number of benzene rings is 1. The lowest BCUT2D eigenvalue weighted by Gasteiger charge is -2.05. The largest absolute Gasteiger partial charge is 0.287 e. The highest BCUT2D eigenvalue weighted by Crippen LogP contribution is 2.21. The van der Waals surface area contributed by atoms with Crippen molar-refractivity contribution in [1.82, 2.24) is 9.78 Å². The van der Waals surface area contributed by atoms with E-state index in [1.54, 1.807) is 16.9 Å². The molecule has 2 aromatic rings. The van der Waals surface area contributed by atoms with E-state index in [-0.39, 0.29) is 5.78 Å². The Hall–Kier alpha value is -0.940. The van der Waals surface area contributed by atoms with E-state index in [9.17, 15) is 4.79 Å². The number of carbonyl (C=O) groups is 1. The van der Waals surface area contributed by atoms with E-state index in [4.69, 9.17) is 0 Å². The van der Waals surface area contributed by atoms with E-state index < -0.39 is 0 Å². The molecule has 5 heteroatoms. The minimum Gasteiger partial charge on any atom is -0.287 e. The first-order valence-corrected chi connectivity index (χ1v) is 6.73. The normalized spacial score (nSPS) is 10.5. The lowest BCUT2D eigenvalue weighted by atomic mass is 10.1. The Bertz CT molecular complexity index is 563. The predicted octanol–water partition coefficient (Wildman–Crippen LogP) is 3.66. The molecule has 0 bridgehead atoms. The van der Waals surface area contributed by atoms with Crippen molar-refractivity contribution < 1.29 is 4.79 Å². The van der Waals surface area contributed by atoms with Crippen molar-refractivity contribution in [3.8, 4) is 0 Å². The van der Waals surface area contributed by atoms with Crippen LogP contribution in [0.3, 0.4) is 0 Å². The van der Waals surface area contributed by atoms with Crippen LogP contribution in [0.5, 0.6) is 0 Å². The molecule has 17 heavy (non-hydrogen) atoms. The van der Waals surface area contributed by atoms with Gasteiger partial charge in [-0.1, -0.05) is 28.1 Å². The molecule has 0 unspecified atom stereocenters. The van der Waals surface area contributed by atoms with E-state index in [1.807, 2.05) is 25.1 Å². The Morgan fingerprint density at radius 3 is 2.82 bits per heavy atom. The van der Waals surface area contributed by atoms with Crippen molar-refractivity contribution in [2.45, 2.75) is 13.5 Å². The summed E-state index contributed by atoms with van der Waals surface area (Å²) in [5.74, 6) is -0.0301. The molecule has 0 atom stereocenters. The first kappa shape index (κ1) is 12.5. The molecule has 0 aliphatic carbocycles. The van der Waals surface area contributed by atoms with E-state index in [0.29, 0.717) is 17.8 Å². The lowest BCUT2D eigenvalue weighted by molar-refractivity contribution is 0.102. The van der Waals surface area contributed by atoms with Gasteiger partial charge in [-0.25, -0.2) is 0 Å². The molecule has 88 valence electrons. The number of carbonyl (C=O) groups excluding carboxylic acids is 1. The molecular weight excluding hydrogens is 348 g/mol. The fraction of sp³-hybridized carbons (Fsp3) is 0.167. The predicted molar refractivity (Wildman–Crippen MR) is 73.2 cm³/mol. The molecule has 0 aliphatic heterocycles. The van der Waals surface area contributed by atoms with Gasteiger partial charge in [0.05, 0.1) is 10.7 Å². The summed E-state index contributed by atoms with van der Waals surface area (Å²) in [6, 6.07) is 7.34. The number of ketones is 1. The van der Waals surface area contributed by atoms with Crippen molar-refractivity contribution >= 4 is 37.6 Å². The number of aryl methyl sites for hydroxylation is 1. The van der Waals surface area contributed by atoms with E-state index in [1.165, 1.54) is 0 Å². The van der Waals surface area contributed by atoms with E-state index in [0.717, 1.165) is 8.95 Å². The van der Waals surface area contributed by atoms with Crippen LogP contribution in [0, 0.1) is 0 Å². The van der Waals surface area contributed by atoms with Gasteiger partial charge in [0.25, 0.3) is 0 Å². The highest BCUT2D eigenvalue weighted by molar-refractivity contribution is 9.10. The zero-order chi connectivity index (χ0) is 12.4. The van der Waals surface area contributed by atoms with Gasteiger partial charge in [-0.05, 0) is 35.0 Å². The van der Waals surface area contributed by atoms with E-state index >= 15 is 0 Å². The Kier molecular flexibility index (Phi) is 3.79. The summed E-state index contributed by atoms with van der Waals surface area (Å²) in [7, 11) is 0. The summed E-state index contributed by atoms with van der Waals surface area (Å²) in [5.41, 5.74) is 1.24. The smallest absolute Gasteiger partial charge is 0.212 e. The minimum atomic E-state index is -0.0301. The SMILES string of the molecule is CCn1ncc(Br)c1C(=O)c1cccc(Br)c1. The molecule has 0 saturated heterocycles. The Morgan fingerprint density at radius 1 is 1.41 bits per heavy atom. The number of hydrogen-bond donors (Lipinski definition) is 0. The molecule has 0 amide bonds. The highest BCUT2D eigenvalue weighted by atomic mass is 79.9. The molecule has 3 nitrogen and oxygen atoms in total. The third-order valence-electron chi connectivity index (χ3n) is 2.40. The minimum absolute atomic E-state index is 0.0301. The standard InChI is InChI=1S/C12H10Br2N2O/c1-2-16-11(10(14)7-15-16)12(17)8-4-3-5-9(13)6-8/h3-7H,2H2,1H3. The van der Waals surface area contributed by atoms with Crippen LogP contribution in [-0.2, 0) is 6.54 Å². The fourth-order valence-corrected chi connectivity index (χ4v) is 2.47. The van der Waals surface area contributed by atoms with Crippen LogP contribution < -0.4 is 0 Å². The van der Waals surface area contributed by atoms with Crippen molar-refractivity contribution in [1.29, 1.82) is 0 Å². The summed E-state index contributed by atoms with van der Waals surface area (Å²) in [5, 5.41) is 4.14. The van der Waals surface area contributed by atoms with Crippen molar-refractivity contribution in [3.05, 3.63) is 50.7 Å². The summed E-state index contributed by atoms with van der Waals surface area (Å²) in [6.45, 7) is 2.62. The van der Waals surface area contributed by atoms with Gasteiger partial charge < -0.3 is 0 Å². The van der Waals surface area contributed by atoms with Crippen molar-refractivity contribution in [2.75, 3.05) is 0 Å². The molecule has 0 radical (unpaired) electrons. The van der Waals surface area contributed by atoms with Gasteiger partial charge in [0.1, 0.15) is 5.69 Å². The molecule has 0 saturated carbocycles. The fourth-order valence-electron chi connectivity index (χ4n) is 1.59. The number of hydrogen-bond acceptors (Lipinski definition) is 2. The Morgan fingerprint density at radius 2 is 2.18 bits per heavy atom. The third kappa shape index (κ3) is 2.50. The van der Waals surface area contributed by atoms with Crippen molar-refractivity contribution in [2.24, 2.45) is 0 Å². The number of halogens is 2. The lowest BCUT2D eigenvalue weighted by Crippen LogP contribution is -2.11. The molecule has 2 rings (SSSR count). The van der Waals surface area contributed by atoms with Gasteiger partial charge in [0.15, 0.2) is 0 Å². The number of rotatable bonds is 3. The zero-order valence-electron chi connectivity index (χ0n) is 9.15. The average Bonchev–Trinajstić information content (AvgIpc) is 2.69. The van der Waals surface area contributed by atoms with Crippen LogP contribution in [0.25, 0.3) is 0 Å². The van der Waals surface area contributed by atoms with Crippen LogP contribution in [0.15, 0.2) is 39.4 Å². The quantitative estimate of drug-likeness (QED) is 0.785. The van der Waals surface area contributed by atoms with E-state index in [2.05, 4.69) is 37.0 Å². The molecule has 1 aromatic carbocycles.